The minimum absolute atomic E-state index is 1.07. The lowest BCUT2D eigenvalue weighted by Crippen LogP contribution is -2.24. The molecule has 44 valence electrons. The molecule has 0 atom stereocenters. The molecule has 2 aliphatic heterocycles. The Hall–Kier alpha value is -0.310. The van der Waals surface area contributed by atoms with Gasteiger partial charge in [0.05, 0.1) is 0 Å². The average molecular weight is 128 g/mol. The van der Waals surface area contributed by atoms with Crippen molar-refractivity contribution >= 4 is 17.3 Å². The molecule has 2 saturated heterocycles. The molecule has 8 heavy (non-hydrogen) atoms. The number of thiocarbonyl (C=S) groups is 1. The molecule has 0 aromatic carbocycles. The van der Waals surface area contributed by atoms with Crippen LogP contribution in [0.15, 0.2) is 0 Å². The lowest BCUT2D eigenvalue weighted by molar-refractivity contribution is 0.382. The molecule has 0 unspecified atom stereocenters. The molecular formula is C5H8N2S. The van der Waals surface area contributed by atoms with Crippen molar-refractivity contribution in [2.24, 2.45) is 0 Å². The van der Waals surface area contributed by atoms with Crippen molar-refractivity contribution < 1.29 is 0 Å². The zero-order valence-electron chi connectivity index (χ0n) is 4.63. The predicted molar refractivity (Wildman–Crippen MR) is 35.7 cm³/mol. The lowest BCUT2D eigenvalue weighted by atomic mass is 10.4. The van der Waals surface area contributed by atoms with Crippen LogP contribution in [-0.4, -0.2) is 41.1 Å². The maximum atomic E-state index is 5.08. The highest BCUT2D eigenvalue weighted by molar-refractivity contribution is 7.80. The van der Waals surface area contributed by atoms with Crippen LogP contribution in [0.2, 0.25) is 0 Å². The van der Waals surface area contributed by atoms with Crippen molar-refractivity contribution in [3.05, 3.63) is 0 Å². The van der Waals surface area contributed by atoms with E-state index in [-0.39, 0.29) is 0 Å². The molecule has 2 fully saturated rings. The molecule has 0 radical (unpaired) electrons. The van der Waals surface area contributed by atoms with E-state index < -0.39 is 0 Å². The number of rotatable bonds is 0. The molecule has 0 saturated carbocycles. The fourth-order valence-electron chi connectivity index (χ4n) is 1.29. The Morgan fingerprint density at radius 1 is 1.00 bits per heavy atom. The van der Waals surface area contributed by atoms with Crippen molar-refractivity contribution in [3.8, 4) is 0 Å². The smallest absolute Gasteiger partial charge is 0.171 e. The first-order valence-corrected chi connectivity index (χ1v) is 3.32. The summed E-state index contributed by atoms with van der Waals surface area (Å²) in [6.45, 7) is 4.66. The van der Waals surface area contributed by atoms with Gasteiger partial charge in [0.2, 0.25) is 0 Å². The van der Waals surface area contributed by atoms with Gasteiger partial charge in [-0.2, -0.15) is 0 Å². The topological polar surface area (TPSA) is 6.48 Å². The summed E-state index contributed by atoms with van der Waals surface area (Å²) in [5.41, 5.74) is 0. The predicted octanol–water partition coefficient (Wildman–Crippen LogP) is -0.0975. The first-order valence-electron chi connectivity index (χ1n) is 2.92. The van der Waals surface area contributed by atoms with Crippen LogP contribution < -0.4 is 0 Å². The SMILES string of the molecule is S=C1N2CCN1CC2. The molecule has 0 aromatic rings. The molecular weight excluding hydrogens is 120 g/mol. The van der Waals surface area contributed by atoms with Crippen LogP contribution in [0.25, 0.3) is 0 Å². The first kappa shape index (κ1) is 4.56. The van der Waals surface area contributed by atoms with Crippen molar-refractivity contribution in [2.75, 3.05) is 26.2 Å². The Morgan fingerprint density at radius 3 is 1.50 bits per heavy atom. The van der Waals surface area contributed by atoms with Gasteiger partial charge in [-0.15, -0.1) is 0 Å². The fourth-order valence-corrected chi connectivity index (χ4v) is 1.65. The van der Waals surface area contributed by atoms with Gasteiger partial charge in [-0.05, 0) is 12.2 Å². The van der Waals surface area contributed by atoms with Crippen LogP contribution in [0.4, 0.5) is 0 Å². The summed E-state index contributed by atoms with van der Waals surface area (Å²) in [5.74, 6) is 0. The molecule has 0 aromatic heterocycles. The van der Waals surface area contributed by atoms with E-state index in [1.54, 1.807) is 0 Å². The van der Waals surface area contributed by atoms with E-state index >= 15 is 0 Å². The normalized spacial score (nSPS) is 25.8. The lowest BCUT2D eigenvalue weighted by Gasteiger charge is -2.10. The molecule has 0 amide bonds. The van der Waals surface area contributed by atoms with Gasteiger partial charge in [0, 0.05) is 26.2 Å². The summed E-state index contributed by atoms with van der Waals surface area (Å²) in [7, 11) is 0. The Balaban J connectivity index is 2.28. The largest absolute Gasteiger partial charge is 0.346 e. The Bertz CT molecular complexity index is 112. The van der Waals surface area contributed by atoms with Gasteiger partial charge in [-0.3, -0.25) is 0 Å². The molecule has 0 spiro atoms. The second-order valence-corrected chi connectivity index (χ2v) is 2.62. The van der Waals surface area contributed by atoms with Gasteiger partial charge >= 0.3 is 0 Å². The maximum absolute atomic E-state index is 5.08. The second kappa shape index (κ2) is 1.35. The Labute approximate surface area is 54.1 Å². The quantitative estimate of drug-likeness (QED) is 0.421. The zero-order chi connectivity index (χ0) is 5.56. The standard InChI is InChI=1S/C5H8N2S/c8-5-6-1-2-7(5)4-3-6/h1-4H2. The molecule has 2 heterocycles. The van der Waals surface area contributed by atoms with Crippen molar-refractivity contribution in [1.29, 1.82) is 0 Å². The van der Waals surface area contributed by atoms with Gasteiger partial charge in [0.15, 0.2) is 5.11 Å². The van der Waals surface area contributed by atoms with Crippen molar-refractivity contribution in [1.82, 2.24) is 9.80 Å². The molecule has 2 aliphatic rings. The number of nitrogens with zero attached hydrogens (tertiary/aromatic N) is 2. The van der Waals surface area contributed by atoms with Crippen LogP contribution in [0.1, 0.15) is 0 Å². The molecule has 3 heteroatoms. The monoisotopic (exact) mass is 128 g/mol. The molecule has 2 bridgehead atoms. The van der Waals surface area contributed by atoms with E-state index in [9.17, 15) is 0 Å². The number of fused-ring (bicyclic) bond motifs is 2. The highest BCUT2D eigenvalue weighted by Gasteiger charge is 2.30. The van der Waals surface area contributed by atoms with Crippen molar-refractivity contribution in [3.63, 3.8) is 0 Å². The molecule has 0 aliphatic carbocycles. The highest BCUT2D eigenvalue weighted by Crippen LogP contribution is 2.14. The van der Waals surface area contributed by atoms with E-state index in [1.807, 2.05) is 0 Å². The third-order valence-corrected chi connectivity index (χ3v) is 2.34. The number of hydrogen-bond donors (Lipinski definition) is 0. The van der Waals surface area contributed by atoms with Gasteiger partial charge < -0.3 is 9.80 Å². The summed E-state index contributed by atoms with van der Waals surface area (Å²) in [6.07, 6.45) is 0. The third kappa shape index (κ3) is 0.400. The van der Waals surface area contributed by atoms with Gasteiger partial charge in [0.25, 0.3) is 0 Å². The summed E-state index contributed by atoms with van der Waals surface area (Å²) < 4.78 is 0. The fraction of sp³-hybridized carbons (Fsp3) is 0.800. The Morgan fingerprint density at radius 2 is 1.38 bits per heavy atom. The van der Waals surface area contributed by atoms with Gasteiger partial charge in [-0.1, -0.05) is 0 Å². The van der Waals surface area contributed by atoms with Gasteiger partial charge in [-0.25, -0.2) is 0 Å². The molecule has 0 N–H and O–H groups in total. The number of hydrogen-bond acceptors (Lipinski definition) is 1. The van der Waals surface area contributed by atoms with Crippen molar-refractivity contribution in [2.45, 2.75) is 0 Å². The van der Waals surface area contributed by atoms with Crippen LogP contribution in [0.5, 0.6) is 0 Å². The average Bonchev–Trinajstić information content (AvgIpc) is 2.29. The van der Waals surface area contributed by atoms with E-state index in [4.69, 9.17) is 12.2 Å². The van der Waals surface area contributed by atoms with Gasteiger partial charge in [0.1, 0.15) is 0 Å². The molecule has 2 nitrogen and oxygen atoms in total. The van der Waals surface area contributed by atoms with Crippen LogP contribution in [-0.2, 0) is 0 Å². The minimum Gasteiger partial charge on any atom is -0.346 e. The molecule has 2 rings (SSSR count). The summed E-state index contributed by atoms with van der Waals surface area (Å²) in [5, 5.41) is 1.07. The summed E-state index contributed by atoms with van der Waals surface area (Å²) in [4.78, 5) is 4.52. The third-order valence-electron chi connectivity index (χ3n) is 1.82. The van der Waals surface area contributed by atoms with Crippen LogP contribution in [0, 0.1) is 0 Å². The minimum atomic E-state index is 1.07. The van der Waals surface area contributed by atoms with Crippen LogP contribution in [0.3, 0.4) is 0 Å². The summed E-state index contributed by atoms with van der Waals surface area (Å²) >= 11 is 5.08. The van der Waals surface area contributed by atoms with Crippen LogP contribution >= 0.6 is 12.2 Å². The second-order valence-electron chi connectivity index (χ2n) is 2.26. The van der Waals surface area contributed by atoms with E-state index in [0.717, 1.165) is 5.11 Å². The Kier molecular flexibility index (Phi) is 0.766. The van der Waals surface area contributed by atoms with E-state index in [0.29, 0.717) is 0 Å². The van der Waals surface area contributed by atoms with E-state index in [1.165, 1.54) is 26.2 Å². The highest BCUT2D eigenvalue weighted by atomic mass is 32.1. The maximum Gasteiger partial charge on any atom is 0.171 e. The zero-order valence-corrected chi connectivity index (χ0v) is 5.45. The van der Waals surface area contributed by atoms with E-state index in [2.05, 4.69) is 9.80 Å². The number of piperazine rings is 1. The summed E-state index contributed by atoms with van der Waals surface area (Å²) in [6, 6.07) is 0. The first-order chi connectivity index (χ1) is 3.88.